The maximum Gasteiger partial charge on any atom is 0.255 e. The Morgan fingerprint density at radius 2 is 1.96 bits per heavy atom. The van der Waals surface area contributed by atoms with Crippen molar-refractivity contribution in [3.63, 3.8) is 0 Å². The van der Waals surface area contributed by atoms with E-state index >= 15 is 0 Å². The number of carbonyl (C=O) groups is 1. The predicted octanol–water partition coefficient (Wildman–Crippen LogP) is 0.611. The molecule has 4 N–H and O–H groups in total. The quantitative estimate of drug-likeness (QED) is 0.335. The fourth-order valence-corrected chi connectivity index (χ4v) is 2.18. The topological polar surface area (TPSA) is 104 Å². The van der Waals surface area contributed by atoms with Gasteiger partial charge >= 0.3 is 0 Å². The fourth-order valence-electron chi connectivity index (χ4n) is 2.18. The van der Waals surface area contributed by atoms with Crippen molar-refractivity contribution in [3.05, 3.63) is 47.8 Å². The number of aromatic hydroxyl groups is 1. The van der Waals surface area contributed by atoms with E-state index in [4.69, 9.17) is 0 Å². The zero-order valence-corrected chi connectivity index (χ0v) is 14.5. The Hall–Kier alpha value is -3.03. The second kappa shape index (κ2) is 9.31. The Kier molecular flexibility index (Phi) is 6.82. The van der Waals surface area contributed by atoms with Gasteiger partial charge in [0.25, 0.3) is 5.91 Å². The average Bonchev–Trinajstić information content (AvgIpc) is 3.01. The summed E-state index contributed by atoms with van der Waals surface area (Å²) in [5, 5.41) is 22.8. The number of hydrogen-bond acceptors (Lipinski definition) is 4. The molecular weight excluding hydrogens is 320 g/mol. The van der Waals surface area contributed by atoms with Crippen LogP contribution in [0.2, 0.25) is 0 Å². The molecule has 2 rings (SSSR count). The van der Waals surface area contributed by atoms with Crippen LogP contribution < -0.4 is 16.0 Å². The highest BCUT2D eigenvalue weighted by Gasteiger charge is 2.09. The van der Waals surface area contributed by atoms with Gasteiger partial charge in [-0.15, -0.1) is 0 Å². The largest absolute Gasteiger partial charge is 0.507 e. The maximum absolute atomic E-state index is 12.0. The summed E-state index contributed by atoms with van der Waals surface area (Å²) in [7, 11) is 1.87. The number of phenolic OH excluding ortho intramolecular Hbond substituents is 1. The van der Waals surface area contributed by atoms with Crippen molar-refractivity contribution in [2.75, 3.05) is 19.6 Å². The first-order chi connectivity index (χ1) is 12.1. The van der Waals surface area contributed by atoms with E-state index in [9.17, 15) is 9.90 Å². The van der Waals surface area contributed by atoms with Crippen LogP contribution in [0.3, 0.4) is 0 Å². The molecule has 25 heavy (non-hydrogen) atoms. The van der Waals surface area contributed by atoms with E-state index in [-0.39, 0.29) is 17.2 Å². The highest BCUT2D eigenvalue weighted by atomic mass is 16.3. The molecule has 0 atom stereocenters. The number of guanidine groups is 1. The Balaban J connectivity index is 1.80. The first-order valence-electron chi connectivity index (χ1n) is 8.17. The van der Waals surface area contributed by atoms with Crippen LogP contribution in [0, 0.1) is 0 Å². The summed E-state index contributed by atoms with van der Waals surface area (Å²) in [6.07, 6.45) is 1.74. The minimum Gasteiger partial charge on any atom is -0.507 e. The smallest absolute Gasteiger partial charge is 0.255 e. The summed E-state index contributed by atoms with van der Waals surface area (Å²) in [6.45, 7) is 4.15. The van der Waals surface area contributed by atoms with Crippen LogP contribution in [0.5, 0.6) is 5.75 Å². The van der Waals surface area contributed by atoms with Crippen LogP contribution in [0.4, 0.5) is 0 Å². The number of aryl methyl sites for hydroxylation is 1. The third kappa shape index (κ3) is 5.52. The Labute approximate surface area is 147 Å². The van der Waals surface area contributed by atoms with Crippen molar-refractivity contribution in [2.45, 2.75) is 13.5 Å². The van der Waals surface area contributed by atoms with Gasteiger partial charge in [0.2, 0.25) is 0 Å². The molecule has 134 valence electrons. The standard InChI is InChI=1S/C17H24N6O2/c1-3-18-17(21-12-13-8-9-22-23(13)2)20-11-10-19-16(25)14-6-4-5-7-15(14)24/h4-9,24H,3,10-12H2,1-2H3,(H,19,25)(H2,18,20,21). The Bertz CT molecular complexity index is 725. The molecule has 0 bridgehead atoms. The lowest BCUT2D eigenvalue weighted by Crippen LogP contribution is -2.41. The molecular formula is C17H24N6O2. The van der Waals surface area contributed by atoms with Crippen LogP contribution >= 0.6 is 0 Å². The number of para-hydroxylation sites is 1. The number of hydrogen-bond donors (Lipinski definition) is 4. The van der Waals surface area contributed by atoms with Gasteiger partial charge < -0.3 is 21.1 Å². The number of aromatic nitrogens is 2. The average molecular weight is 344 g/mol. The lowest BCUT2D eigenvalue weighted by atomic mass is 10.2. The molecule has 8 heteroatoms. The summed E-state index contributed by atoms with van der Waals surface area (Å²) >= 11 is 0. The van der Waals surface area contributed by atoms with Gasteiger partial charge in [0.1, 0.15) is 5.75 Å². The number of amides is 1. The fraction of sp³-hybridized carbons (Fsp3) is 0.353. The molecule has 0 saturated carbocycles. The molecule has 8 nitrogen and oxygen atoms in total. The lowest BCUT2D eigenvalue weighted by Gasteiger charge is -2.12. The van der Waals surface area contributed by atoms with Crippen LogP contribution in [0.1, 0.15) is 23.0 Å². The summed E-state index contributed by atoms with van der Waals surface area (Å²) < 4.78 is 1.78. The second-order valence-corrected chi connectivity index (χ2v) is 5.34. The number of rotatable bonds is 7. The van der Waals surface area contributed by atoms with Crippen molar-refractivity contribution in [1.29, 1.82) is 0 Å². The summed E-state index contributed by atoms with van der Waals surface area (Å²) in [6, 6.07) is 8.37. The van der Waals surface area contributed by atoms with E-state index < -0.39 is 0 Å². The molecule has 0 aliphatic heterocycles. The molecule has 1 aromatic carbocycles. The Morgan fingerprint density at radius 3 is 2.64 bits per heavy atom. The molecule has 0 spiro atoms. The summed E-state index contributed by atoms with van der Waals surface area (Å²) in [5.41, 5.74) is 1.27. The summed E-state index contributed by atoms with van der Waals surface area (Å²) in [5.74, 6) is 0.330. The first kappa shape index (κ1) is 18.3. The van der Waals surface area contributed by atoms with Gasteiger partial charge in [-0.1, -0.05) is 12.1 Å². The van der Waals surface area contributed by atoms with Gasteiger partial charge in [0.15, 0.2) is 5.96 Å². The molecule has 0 aliphatic rings. The zero-order valence-electron chi connectivity index (χ0n) is 14.5. The maximum atomic E-state index is 12.0. The number of benzene rings is 1. The third-order valence-corrected chi connectivity index (χ3v) is 3.52. The van der Waals surface area contributed by atoms with Crippen LogP contribution in [0.15, 0.2) is 41.5 Å². The molecule has 1 aromatic heterocycles. The van der Waals surface area contributed by atoms with Crippen LogP contribution in [0.25, 0.3) is 0 Å². The van der Waals surface area contributed by atoms with Crippen molar-refractivity contribution in [2.24, 2.45) is 12.0 Å². The molecule has 0 fully saturated rings. The van der Waals surface area contributed by atoms with Gasteiger partial charge in [-0.3, -0.25) is 9.48 Å². The number of carbonyl (C=O) groups excluding carboxylic acids is 1. The highest BCUT2D eigenvalue weighted by Crippen LogP contribution is 2.14. The Morgan fingerprint density at radius 1 is 1.20 bits per heavy atom. The molecule has 0 saturated heterocycles. The van der Waals surface area contributed by atoms with Gasteiger partial charge in [0.05, 0.1) is 17.8 Å². The van der Waals surface area contributed by atoms with Gasteiger partial charge in [-0.2, -0.15) is 5.10 Å². The highest BCUT2D eigenvalue weighted by molar-refractivity contribution is 5.96. The number of nitrogens with zero attached hydrogens (tertiary/aromatic N) is 3. The van der Waals surface area contributed by atoms with Crippen molar-refractivity contribution in [1.82, 2.24) is 25.7 Å². The number of phenols is 1. The van der Waals surface area contributed by atoms with Crippen molar-refractivity contribution >= 4 is 11.9 Å². The van der Waals surface area contributed by atoms with E-state index in [1.54, 1.807) is 29.1 Å². The van der Waals surface area contributed by atoms with E-state index in [1.165, 1.54) is 6.07 Å². The van der Waals surface area contributed by atoms with E-state index in [2.05, 4.69) is 26.0 Å². The molecule has 1 amide bonds. The molecule has 0 aliphatic carbocycles. The summed E-state index contributed by atoms with van der Waals surface area (Å²) in [4.78, 5) is 16.5. The second-order valence-electron chi connectivity index (χ2n) is 5.34. The minimum absolute atomic E-state index is 0.0287. The minimum atomic E-state index is -0.309. The molecule has 0 unspecified atom stereocenters. The predicted molar refractivity (Wildman–Crippen MR) is 96.5 cm³/mol. The zero-order chi connectivity index (χ0) is 18.1. The van der Waals surface area contributed by atoms with Gasteiger partial charge in [-0.25, -0.2) is 4.99 Å². The van der Waals surface area contributed by atoms with Crippen LogP contribution in [-0.2, 0) is 13.6 Å². The first-order valence-corrected chi connectivity index (χ1v) is 8.17. The number of nitrogens with one attached hydrogen (secondary N) is 3. The SMILES string of the molecule is CCNC(=NCc1ccnn1C)NCCNC(=O)c1ccccc1O. The van der Waals surface area contributed by atoms with Crippen molar-refractivity contribution < 1.29 is 9.90 Å². The third-order valence-electron chi connectivity index (χ3n) is 3.52. The molecule has 1 heterocycles. The normalized spacial score (nSPS) is 11.2. The van der Waals surface area contributed by atoms with E-state index in [0.29, 0.717) is 25.6 Å². The molecule has 2 aromatic rings. The van der Waals surface area contributed by atoms with E-state index in [0.717, 1.165) is 12.2 Å². The van der Waals surface area contributed by atoms with E-state index in [1.807, 2.05) is 20.0 Å². The lowest BCUT2D eigenvalue weighted by molar-refractivity contribution is 0.0951. The van der Waals surface area contributed by atoms with Crippen LogP contribution in [-0.4, -0.2) is 46.4 Å². The van der Waals surface area contributed by atoms with Crippen molar-refractivity contribution in [3.8, 4) is 5.75 Å². The number of aliphatic imine (C=N–C) groups is 1. The molecule has 0 radical (unpaired) electrons. The van der Waals surface area contributed by atoms with Gasteiger partial charge in [0, 0.05) is 32.9 Å². The monoisotopic (exact) mass is 344 g/mol. The van der Waals surface area contributed by atoms with Gasteiger partial charge in [-0.05, 0) is 25.1 Å².